The van der Waals surface area contributed by atoms with Crippen LogP contribution in [0, 0.1) is 18.3 Å². The maximum atomic E-state index is 15.1. The third-order valence-corrected chi connectivity index (χ3v) is 7.14. The van der Waals surface area contributed by atoms with Crippen LogP contribution in [0.15, 0.2) is 83.7 Å². The lowest BCUT2D eigenvalue weighted by atomic mass is 10.00. The third-order valence-electron chi connectivity index (χ3n) is 5.95. The van der Waals surface area contributed by atoms with E-state index in [4.69, 9.17) is 4.74 Å². The Kier molecular flexibility index (Phi) is 7.59. The van der Waals surface area contributed by atoms with Crippen LogP contribution in [0.25, 0.3) is 11.3 Å². The van der Waals surface area contributed by atoms with Crippen LogP contribution in [0.5, 0.6) is 5.75 Å². The summed E-state index contributed by atoms with van der Waals surface area (Å²) in [5.74, 6) is 0.527. The number of ether oxygens (including phenoxy) is 1. The Morgan fingerprint density at radius 1 is 1.08 bits per heavy atom. The van der Waals surface area contributed by atoms with Crippen molar-refractivity contribution in [3.63, 3.8) is 0 Å². The van der Waals surface area contributed by atoms with Crippen molar-refractivity contribution >= 4 is 22.6 Å². The average Bonchev–Trinajstić information content (AvgIpc) is 2.86. The second-order valence-corrected chi connectivity index (χ2v) is 10.1. The van der Waals surface area contributed by atoms with Gasteiger partial charge in [0.2, 0.25) is 0 Å². The number of hydrogen-bond acceptors (Lipinski definition) is 3. The summed E-state index contributed by atoms with van der Waals surface area (Å²) in [4.78, 5) is 13.4. The predicted molar refractivity (Wildman–Crippen MR) is 141 cm³/mol. The zero-order valence-corrected chi connectivity index (χ0v) is 21.8. The molecule has 0 fully saturated rings. The number of pyridine rings is 1. The maximum absolute atomic E-state index is 15.1. The summed E-state index contributed by atoms with van der Waals surface area (Å²) in [5, 5.41) is 9.58. The lowest BCUT2D eigenvalue weighted by Gasteiger charge is -2.25. The first kappa shape index (κ1) is 26.7. The first-order valence-corrected chi connectivity index (χ1v) is 12.4. The van der Waals surface area contributed by atoms with Gasteiger partial charge in [-0.15, -0.1) is 0 Å². The molecule has 2 unspecified atom stereocenters. The van der Waals surface area contributed by atoms with E-state index in [0.29, 0.717) is 45.9 Å². The molecule has 0 aliphatic heterocycles. The minimum absolute atomic E-state index is 0.0204. The Bertz CT molecular complexity index is 1450. The Hall–Kier alpha value is -3.39. The summed E-state index contributed by atoms with van der Waals surface area (Å²) < 4.78 is 59.2. The number of rotatable bonds is 6. The van der Waals surface area contributed by atoms with Crippen LogP contribution in [0.2, 0.25) is 0 Å². The van der Waals surface area contributed by atoms with Gasteiger partial charge in [0.25, 0.3) is 9.23 Å². The van der Waals surface area contributed by atoms with Gasteiger partial charge in [-0.3, -0.25) is 4.79 Å². The maximum Gasteiger partial charge on any atom is 0.436 e. The second kappa shape index (κ2) is 10.5. The number of nitriles is 1. The van der Waals surface area contributed by atoms with Crippen LogP contribution in [0.1, 0.15) is 28.7 Å². The molecule has 0 bridgehead atoms. The van der Waals surface area contributed by atoms with Gasteiger partial charge in [-0.05, 0) is 77.0 Å². The molecule has 3 aromatic rings. The normalized spacial score (nSPS) is 16.7. The van der Waals surface area contributed by atoms with Crippen LogP contribution >= 0.6 is 22.6 Å². The summed E-state index contributed by atoms with van der Waals surface area (Å²) in [6.07, 6.45) is 2.85. The van der Waals surface area contributed by atoms with Crippen molar-refractivity contribution in [3.8, 4) is 23.1 Å². The van der Waals surface area contributed by atoms with Gasteiger partial charge in [0, 0.05) is 12.0 Å². The van der Waals surface area contributed by atoms with Crippen LogP contribution in [-0.4, -0.2) is 16.8 Å². The molecule has 37 heavy (non-hydrogen) atoms. The number of alkyl halides is 5. The lowest BCUT2D eigenvalue weighted by molar-refractivity contribution is -0.191. The fraction of sp³-hybridized carbons (Fsp3) is 0.214. The van der Waals surface area contributed by atoms with Gasteiger partial charge in [-0.1, -0.05) is 48.1 Å². The lowest BCUT2D eigenvalue weighted by Crippen LogP contribution is -2.36. The molecule has 9 heteroatoms. The predicted octanol–water partition coefficient (Wildman–Crippen LogP) is 7.13. The number of nitrogens with zero attached hydrogens (tertiary/aromatic N) is 2. The molecule has 1 aromatic heterocycles. The summed E-state index contributed by atoms with van der Waals surface area (Å²) >= 11 is 0.602. The highest BCUT2D eigenvalue weighted by Crippen LogP contribution is 2.49. The Balaban J connectivity index is 1.85. The van der Waals surface area contributed by atoms with Gasteiger partial charge in [0.1, 0.15) is 23.5 Å². The number of benzene rings is 2. The van der Waals surface area contributed by atoms with E-state index in [9.17, 15) is 23.2 Å². The van der Waals surface area contributed by atoms with Crippen molar-refractivity contribution < 1.29 is 22.3 Å². The van der Waals surface area contributed by atoms with Gasteiger partial charge in [-0.25, -0.2) is 4.39 Å². The highest BCUT2D eigenvalue weighted by Gasteiger charge is 2.57. The van der Waals surface area contributed by atoms with Gasteiger partial charge in [0.15, 0.2) is 0 Å². The quantitative estimate of drug-likeness (QED) is 0.168. The van der Waals surface area contributed by atoms with E-state index in [1.54, 1.807) is 36.4 Å². The second-order valence-electron chi connectivity index (χ2n) is 8.61. The molecule has 1 aliphatic carbocycles. The van der Waals surface area contributed by atoms with E-state index >= 15 is 4.39 Å². The summed E-state index contributed by atoms with van der Waals surface area (Å²) in [6.45, 7) is 1.87. The van der Waals surface area contributed by atoms with Gasteiger partial charge in [-0.2, -0.15) is 18.4 Å². The van der Waals surface area contributed by atoms with Crippen molar-refractivity contribution in [1.82, 2.24) is 4.57 Å². The molecule has 0 N–H and O–H groups in total. The van der Waals surface area contributed by atoms with Crippen molar-refractivity contribution in [2.75, 3.05) is 0 Å². The van der Waals surface area contributed by atoms with E-state index in [2.05, 4.69) is 0 Å². The van der Waals surface area contributed by atoms with E-state index < -0.39 is 26.5 Å². The van der Waals surface area contributed by atoms with E-state index in [-0.39, 0.29) is 18.3 Å². The average molecular weight is 620 g/mol. The molecule has 0 radical (unpaired) electrons. The SMILES string of the molecule is Cc1ccc(Cn2c(-c3ccc(OC4C=CC=CC4)cc3)cc(C(F)(I)C(F)(F)F)c(C#N)c2=O)cc1. The minimum Gasteiger partial charge on any atom is -0.486 e. The van der Waals surface area contributed by atoms with Crippen LogP contribution in [0.4, 0.5) is 17.6 Å². The van der Waals surface area contributed by atoms with Crippen molar-refractivity contribution in [3.05, 3.63) is 112 Å². The fourth-order valence-corrected chi connectivity index (χ4v) is 4.38. The number of hydrogen-bond donors (Lipinski definition) is 0. The van der Waals surface area contributed by atoms with Gasteiger partial charge < -0.3 is 9.30 Å². The first-order valence-electron chi connectivity index (χ1n) is 11.3. The zero-order valence-electron chi connectivity index (χ0n) is 19.6. The molecular formula is C28H21F4IN2O2. The van der Waals surface area contributed by atoms with Crippen LogP contribution in [0.3, 0.4) is 0 Å². The smallest absolute Gasteiger partial charge is 0.436 e. The molecule has 4 rings (SSSR count). The van der Waals surface area contributed by atoms with Crippen molar-refractivity contribution in [1.29, 1.82) is 5.26 Å². The minimum atomic E-state index is -5.34. The summed E-state index contributed by atoms with van der Waals surface area (Å²) in [5.41, 5.74) is -0.812. The Morgan fingerprint density at radius 3 is 2.32 bits per heavy atom. The summed E-state index contributed by atoms with van der Waals surface area (Å²) in [6, 6.07) is 16.1. The number of aromatic nitrogens is 1. The van der Waals surface area contributed by atoms with Gasteiger partial charge >= 0.3 is 6.18 Å². The van der Waals surface area contributed by atoms with Crippen molar-refractivity contribution in [2.45, 2.75) is 35.8 Å². The number of halogens is 5. The molecule has 1 heterocycles. The topological polar surface area (TPSA) is 55.0 Å². The molecule has 0 saturated carbocycles. The number of aryl methyl sites for hydroxylation is 1. The molecule has 0 saturated heterocycles. The summed E-state index contributed by atoms with van der Waals surface area (Å²) in [7, 11) is 0. The fourth-order valence-electron chi connectivity index (χ4n) is 3.95. The highest BCUT2D eigenvalue weighted by atomic mass is 127. The van der Waals surface area contributed by atoms with Crippen molar-refractivity contribution in [2.24, 2.45) is 0 Å². The van der Waals surface area contributed by atoms with Gasteiger partial charge in [0.05, 0.1) is 12.2 Å². The molecule has 2 atom stereocenters. The standard InChI is InChI=1S/C28H21F4IN2O2/c1-18-7-9-19(10-8-18)17-35-25(15-24(23(16-34)26(35)36)27(29,33)28(30,31)32)20-11-13-22(14-12-20)37-21-5-3-2-4-6-21/h2-5,7-15,21H,6,17H2,1H3. The van der Waals surface area contributed by atoms with E-state index in [1.807, 2.05) is 43.4 Å². The molecule has 2 aromatic carbocycles. The highest BCUT2D eigenvalue weighted by molar-refractivity contribution is 14.1. The molecule has 190 valence electrons. The molecule has 1 aliphatic rings. The van der Waals surface area contributed by atoms with E-state index in [0.717, 1.165) is 11.6 Å². The Labute approximate surface area is 224 Å². The molecule has 0 amide bonds. The van der Waals surface area contributed by atoms with E-state index in [1.165, 1.54) is 10.6 Å². The largest absolute Gasteiger partial charge is 0.486 e. The van der Waals surface area contributed by atoms with Crippen LogP contribution in [-0.2, 0) is 10.2 Å². The monoisotopic (exact) mass is 620 g/mol. The molecule has 4 nitrogen and oxygen atoms in total. The first-order chi connectivity index (χ1) is 17.5. The third kappa shape index (κ3) is 5.64. The molecule has 0 spiro atoms. The van der Waals surface area contributed by atoms with Crippen LogP contribution < -0.4 is 10.3 Å². The zero-order chi connectivity index (χ0) is 26.8. The molecular weight excluding hydrogens is 599 g/mol. The number of allylic oxidation sites excluding steroid dienone is 2. The Morgan fingerprint density at radius 2 is 1.76 bits per heavy atom.